The van der Waals surface area contributed by atoms with E-state index in [1.54, 1.807) is 6.20 Å². The number of nitrogens with zero attached hydrogens (tertiary/aromatic N) is 3. The third kappa shape index (κ3) is 2.71. The summed E-state index contributed by atoms with van der Waals surface area (Å²) in [7, 11) is 0. The summed E-state index contributed by atoms with van der Waals surface area (Å²) in [4.78, 5) is 6.42. The number of hydrogen-bond donors (Lipinski definition) is 1. The average molecular weight is 256 g/mol. The number of nitrogens with one attached hydrogen (secondary N) is 1. The summed E-state index contributed by atoms with van der Waals surface area (Å²) >= 11 is 0. The van der Waals surface area contributed by atoms with Crippen molar-refractivity contribution in [3.8, 4) is 6.07 Å². The van der Waals surface area contributed by atoms with Crippen LogP contribution in [0.1, 0.15) is 31.4 Å². The van der Waals surface area contributed by atoms with Gasteiger partial charge < -0.3 is 10.2 Å². The second-order valence-electron chi connectivity index (χ2n) is 5.54. The third-order valence-electron chi connectivity index (χ3n) is 4.43. The summed E-state index contributed by atoms with van der Waals surface area (Å²) in [6, 6.07) is 6.76. The predicted octanol–water partition coefficient (Wildman–Crippen LogP) is 1.92. The Labute approximate surface area is 114 Å². The van der Waals surface area contributed by atoms with Crippen LogP contribution in [0.4, 0.5) is 5.69 Å². The molecule has 3 heterocycles. The first-order chi connectivity index (χ1) is 9.36. The second-order valence-corrected chi connectivity index (χ2v) is 5.54. The summed E-state index contributed by atoms with van der Waals surface area (Å²) < 4.78 is 0. The predicted molar refractivity (Wildman–Crippen MR) is 74.9 cm³/mol. The molecule has 0 bridgehead atoms. The van der Waals surface area contributed by atoms with Crippen LogP contribution in [-0.4, -0.2) is 30.7 Å². The van der Waals surface area contributed by atoms with E-state index >= 15 is 0 Å². The molecule has 3 rings (SSSR count). The van der Waals surface area contributed by atoms with Gasteiger partial charge in [0.05, 0.1) is 0 Å². The minimum absolute atomic E-state index is 0.511. The lowest BCUT2D eigenvalue weighted by Gasteiger charge is -2.36. The smallest absolute Gasteiger partial charge is 0.142 e. The van der Waals surface area contributed by atoms with E-state index < -0.39 is 0 Å². The molecule has 1 N–H and O–H groups in total. The Bertz CT molecular complexity index is 465. The monoisotopic (exact) mass is 256 g/mol. The first kappa shape index (κ1) is 12.4. The zero-order valence-electron chi connectivity index (χ0n) is 11.2. The minimum Gasteiger partial charge on any atom is -0.371 e. The third-order valence-corrected chi connectivity index (χ3v) is 4.43. The van der Waals surface area contributed by atoms with Gasteiger partial charge in [0.1, 0.15) is 11.8 Å². The van der Waals surface area contributed by atoms with Crippen molar-refractivity contribution in [2.75, 3.05) is 24.5 Å². The molecule has 2 saturated heterocycles. The molecule has 1 aromatic rings. The van der Waals surface area contributed by atoms with Gasteiger partial charge in [0.15, 0.2) is 0 Å². The van der Waals surface area contributed by atoms with Crippen LogP contribution in [0.5, 0.6) is 0 Å². The Morgan fingerprint density at radius 1 is 1.32 bits per heavy atom. The van der Waals surface area contributed by atoms with E-state index in [-0.39, 0.29) is 0 Å². The maximum atomic E-state index is 8.91. The van der Waals surface area contributed by atoms with Crippen LogP contribution in [0.2, 0.25) is 0 Å². The van der Waals surface area contributed by atoms with Gasteiger partial charge in [-0.1, -0.05) is 0 Å². The van der Waals surface area contributed by atoms with Gasteiger partial charge in [0.25, 0.3) is 0 Å². The Morgan fingerprint density at radius 2 is 2.16 bits per heavy atom. The van der Waals surface area contributed by atoms with Crippen molar-refractivity contribution in [2.45, 2.75) is 31.7 Å². The number of pyridine rings is 1. The van der Waals surface area contributed by atoms with Crippen molar-refractivity contribution in [1.82, 2.24) is 10.3 Å². The van der Waals surface area contributed by atoms with Gasteiger partial charge in [-0.25, -0.2) is 4.98 Å². The zero-order valence-corrected chi connectivity index (χ0v) is 11.2. The molecule has 1 atom stereocenters. The van der Waals surface area contributed by atoms with E-state index in [0.29, 0.717) is 5.69 Å². The van der Waals surface area contributed by atoms with Crippen LogP contribution in [-0.2, 0) is 0 Å². The van der Waals surface area contributed by atoms with Gasteiger partial charge >= 0.3 is 0 Å². The van der Waals surface area contributed by atoms with E-state index in [2.05, 4.69) is 21.3 Å². The molecular formula is C15H20N4. The molecule has 4 heteroatoms. The number of anilines is 1. The highest BCUT2D eigenvalue weighted by molar-refractivity contribution is 5.49. The topological polar surface area (TPSA) is 52.0 Å². The summed E-state index contributed by atoms with van der Waals surface area (Å²) in [5.41, 5.74) is 1.65. The molecule has 0 radical (unpaired) electrons. The highest BCUT2D eigenvalue weighted by Crippen LogP contribution is 2.28. The lowest BCUT2D eigenvalue weighted by atomic mass is 9.88. The lowest BCUT2D eigenvalue weighted by molar-refractivity contribution is 0.319. The summed E-state index contributed by atoms with van der Waals surface area (Å²) in [5, 5.41) is 12.5. The van der Waals surface area contributed by atoms with Crippen molar-refractivity contribution >= 4 is 5.69 Å². The van der Waals surface area contributed by atoms with Crippen molar-refractivity contribution in [3.05, 3.63) is 24.0 Å². The Balaban J connectivity index is 1.61. The van der Waals surface area contributed by atoms with Crippen LogP contribution >= 0.6 is 0 Å². The molecule has 1 unspecified atom stereocenters. The Morgan fingerprint density at radius 3 is 2.84 bits per heavy atom. The van der Waals surface area contributed by atoms with E-state index in [0.717, 1.165) is 30.7 Å². The van der Waals surface area contributed by atoms with Gasteiger partial charge in [-0.2, -0.15) is 5.26 Å². The molecule has 19 heavy (non-hydrogen) atoms. The zero-order chi connectivity index (χ0) is 13.1. The fourth-order valence-corrected chi connectivity index (χ4v) is 3.35. The van der Waals surface area contributed by atoms with Crippen molar-refractivity contribution < 1.29 is 0 Å². The molecule has 2 fully saturated rings. The van der Waals surface area contributed by atoms with Gasteiger partial charge in [-0.3, -0.25) is 0 Å². The van der Waals surface area contributed by atoms with Crippen molar-refractivity contribution in [2.24, 2.45) is 5.92 Å². The molecule has 4 nitrogen and oxygen atoms in total. The van der Waals surface area contributed by atoms with Gasteiger partial charge in [-0.15, -0.1) is 0 Å². The fraction of sp³-hybridized carbons (Fsp3) is 0.600. The van der Waals surface area contributed by atoms with E-state index in [1.807, 2.05) is 12.1 Å². The van der Waals surface area contributed by atoms with Crippen molar-refractivity contribution in [1.29, 1.82) is 5.26 Å². The maximum Gasteiger partial charge on any atom is 0.142 e. The van der Waals surface area contributed by atoms with E-state index in [4.69, 9.17) is 5.26 Å². The average Bonchev–Trinajstić information content (AvgIpc) is 3.02. The number of hydrogen-bond acceptors (Lipinski definition) is 4. The van der Waals surface area contributed by atoms with Crippen LogP contribution in [0.15, 0.2) is 18.3 Å². The second kappa shape index (κ2) is 5.58. The molecule has 0 saturated carbocycles. The Hall–Kier alpha value is -1.60. The quantitative estimate of drug-likeness (QED) is 0.878. The number of piperidine rings is 1. The highest BCUT2D eigenvalue weighted by atomic mass is 15.1. The highest BCUT2D eigenvalue weighted by Gasteiger charge is 2.28. The van der Waals surface area contributed by atoms with Crippen LogP contribution in [0.25, 0.3) is 0 Å². The van der Waals surface area contributed by atoms with Crippen LogP contribution < -0.4 is 10.2 Å². The number of nitriles is 1. The molecule has 1 aromatic heterocycles. The molecule has 0 aliphatic carbocycles. The minimum atomic E-state index is 0.511. The molecule has 0 amide bonds. The summed E-state index contributed by atoms with van der Waals surface area (Å²) in [5.74, 6) is 0.830. The molecule has 2 aliphatic rings. The molecule has 2 aliphatic heterocycles. The van der Waals surface area contributed by atoms with E-state index in [9.17, 15) is 0 Å². The number of rotatable bonds is 2. The van der Waals surface area contributed by atoms with Crippen LogP contribution in [0.3, 0.4) is 0 Å². The normalized spacial score (nSPS) is 24.4. The number of aromatic nitrogens is 1. The summed E-state index contributed by atoms with van der Waals surface area (Å²) in [6.07, 6.45) is 6.92. The molecule has 100 valence electrons. The molecule has 0 spiro atoms. The van der Waals surface area contributed by atoms with Crippen molar-refractivity contribution in [3.63, 3.8) is 0 Å². The maximum absolute atomic E-state index is 8.91. The lowest BCUT2D eigenvalue weighted by Crippen LogP contribution is -2.40. The Kier molecular flexibility index (Phi) is 3.65. The molecular weight excluding hydrogens is 236 g/mol. The van der Waals surface area contributed by atoms with Gasteiger partial charge in [-0.05, 0) is 50.3 Å². The first-order valence-electron chi connectivity index (χ1n) is 7.21. The fourth-order valence-electron chi connectivity index (χ4n) is 3.35. The largest absolute Gasteiger partial charge is 0.371 e. The standard InChI is InChI=1S/C15H20N4/c16-11-13-10-14(3-7-17-13)19-8-4-12(5-9-19)15-2-1-6-18-15/h3,7,10,12,15,18H,1-2,4-6,8-9H2. The van der Waals surface area contributed by atoms with Crippen LogP contribution in [0, 0.1) is 17.2 Å². The summed E-state index contributed by atoms with van der Waals surface area (Å²) in [6.45, 7) is 3.39. The SMILES string of the molecule is N#Cc1cc(N2CCC(C3CCCN3)CC2)ccn1. The van der Waals surface area contributed by atoms with Gasteiger partial charge in [0, 0.05) is 31.0 Å². The van der Waals surface area contributed by atoms with E-state index in [1.165, 1.54) is 32.2 Å². The molecule has 0 aromatic carbocycles. The first-order valence-corrected chi connectivity index (χ1v) is 7.21. The van der Waals surface area contributed by atoms with Gasteiger partial charge in [0.2, 0.25) is 0 Å².